The molecule has 1 saturated carbocycles. The van der Waals surface area contributed by atoms with Crippen molar-refractivity contribution < 1.29 is 28.9 Å². The van der Waals surface area contributed by atoms with Crippen molar-refractivity contribution in [3.8, 4) is 0 Å². The number of aliphatic hydroxyl groups is 3. The van der Waals surface area contributed by atoms with Gasteiger partial charge in [-0.3, -0.25) is 4.79 Å². The maximum absolute atomic E-state index is 14.5. The van der Waals surface area contributed by atoms with E-state index >= 15 is 0 Å². The number of carbonyl (C=O) groups excluding carboxylic acids is 1. The average molecular weight is 588 g/mol. The summed E-state index contributed by atoms with van der Waals surface area (Å²) in [6.45, 7) is 1.95. The molecule has 0 spiro atoms. The number of nitrogens with zero attached hydrogens (tertiary/aromatic N) is 2. The van der Waals surface area contributed by atoms with Gasteiger partial charge in [-0.05, 0) is 66.1 Å². The molecule has 2 fully saturated rings. The normalized spacial score (nSPS) is 24.6. The van der Waals surface area contributed by atoms with Gasteiger partial charge in [-0.2, -0.15) is 4.39 Å². The van der Waals surface area contributed by atoms with E-state index in [-0.39, 0.29) is 42.1 Å². The van der Waals surface area contributed by atoms with Gasteiger partial charge >= 0.3 is 0 Å². The van der Waals surface area contributed by atoms with Gasteiger partial charge < -0.3 is 30.9 Å². The molecule has 8 nitrogen and oxygen atoms in total. The third-order valence-corrected chi connectivity index (χ3v) is 7.20. The van der Waals surface area contributed by atoms with Gasteiger partial charge in [0, 0.05) is 21.9 Å². The number of anilines is 2. The van der Waals surface area contributed by atoms with Gasteiger partial charge in [-0.15, -0.1) is 0 Å². The van der Waals surface area contributed by atoms with Gasteiger partial charge in [0.15, 0.2) is 0 Å². The summed E-state index contributed by atoms with van der Waals surface area (Å²) in [5, 5.41) is 36.6. The zero-order chi connectivity index (χ0) is 24.6. The molecule has 1 unspecified atom stereocenters. The molecule has 5 N–H and O–H groups in total. The van der Waals surface area contributed by atoms with E-state index in [0.717, 1.165) is 6.20 Å². The second-order valence-corrected chi connectivity index (χ2v) is 10.2. The maximum Gasteiger partial charge on any atom is 0.256 e. The first-order chi connectivity index (χ1) is 16.1. The molecule has 1 saturated heterocycles. The number of pyridine rings is 1. The lowest BCUT2D eigenvalue weighted by molar-refractivity contribution is -0.107. The van der Waals surface area contributed by atoms with Crippen LogP contribution in [0.2, 0.25) is 0 Å². The highest BCUT2D eigenvalue weighted by molar-refractivity contribution is 14.1. The van der Waals surface area contributed by atoms with E-state index in [2.05, 4.69) is 15.6 Å². The summed E-state index contributed by atoms with van der Waals surface area (Å²) in [5.41, 5.74) is -1.44. The van der Waals surface area contributed by atoms with E-state index in [9.17, 15) is 28.9 Å². The summed E-state index contributed by atoms with van der Waals surface area (Å²) in [6, 6.07) is 5.25. The number of carbonyl (C=O) groups is 1. The Morgan fingerprint density at radius 3 is 2.56 bits per heavy atom. The van der Waals surface area contributed by atoms with Crippen LogP contribution in [0.1, 0.15) is 36.5 Å². The number of hydrogen-bond acceptors (Lipinski definition) is 7. The van der Waals surface area contributed by atoms with Crippen molar-refractivity contribution >= 4 is 39.9 Å². The molecule has 34 heavy (non-hydrogen) atoms. The molecule has 1 amide bonds. The molecule has 1 aliphatic carbocycles. The number of aliphatic hydroxyl groups excluding tert-OH is 2. The minimum Gasteiger partial charge on any atom is -0.390 e. The van der Waals surface area contributed by atoms with Gasteiger partial charge in [-0.25, -0.2) is 9.37 Å². The van der Waals surface area contributed by atoms with Crippen molar-refractivity contribution in [3.63, 3.8) is 0 Å². The Kier molecular flexibility index (Phi) is 7.38. The molecule has 2 aromatic rings. The number of rotatable bonds is 7. The van der Waals surface area contributed by atoms with Gasteiger partial charge in [0.25, 0.3) is 5.91 Å². The van der Waals surface area contributed by atoms with Crippen LogP contribution in [-0.4, -0.2) is 74.1 Å². The van der Waals surface area contributed by atoms with Crippen molar-refractivity contribution in [3.05, 3.63) is 51.4 Å². The number of nitrogens with one attached hydrogen (secondary N) is 2. The lowest BCUT2D eigenvalue weighted by Gasteiger charge is -2.51. The molecular formula is C23H27F2IN4O4. The van der Waals surface area contributed by atoms with Crippen LogP contribution in [0.25, 0.3) is 0 Å². The largest absolute Gasteiger partial charge is 0.390 e. The highest BCUT2D eigenvalue weighted by atomic mass is 127. The number of hydrogen-bond donors (Lipinski definition) is 5. The third kappa shape index (κ3) is 5.03. The number of halogens is 3. The monoisotopic (exact) mass is 588 g/mol. The van der Waals surface area contributed by atoms with Crippen LogP contribution in [0, 0.1) is 15.3 Å². The first-order valence-corrected chi connectivity index (χ1v) is 12.2. The van der Waals surface area contributed by atoms with E-state index in [1.807, 2.05) is 29.5 Å². The Balaban J connectivity index is 1.46. The topological polar surface area (TPSA) is 118 Å². The van der Waals surface area contributed by atoms with Gasteiger partial charge in [0.1, 0.15) is 17.1 Å². The fourth-order valence-corrected chi connectivity index (χ4v) is 5.13. The van der Waals surface area contributed by atoms with Crippen molar-refractivity contribution in [1.82, 2.24) is 15.2 Å². The van der Waals surface area contributed by atoms with Gasteiger partial charge in [0.05, 0.1) is 36.5 Å². The van der Waals surface area contributed by atoms with Gasteiger partial charge in [-0.1, -0.05) is 6.92 Å². The van der Waals surface area contributed by atoms with E-state index in [4.69, 9.17) is 0 Å². The van der Waals surface area contributed by atoms with Crippen LogP contribution < -0.4 is 10.6 Å². The number of aromatic nitrogens is 1. The summed E-state index contributed by atoms with van der Waals surface area (Å²) in [5.74, 6) is -2.04. The van der Waals surface area contributed by atoms with E-state index in [1.165, 1.54) is 23.1 Å². The molecule has 11 heteroatoms. The second-order valence-electron chi connectivity index (χ2n) is 8.97. The minimum atomic E-state index is -1.20. The van der Waals surface area contributed by atoms with E-state index < -0.39 is 35.5 Å². The molecule has 0 radical (unpaired) electrons. The smallest absolute Gasteiger partial charge is 0.256 e. The zero-order valence-corrected chi connectivity index (χ0v) is 20.7. The molecule has 184 valence electrons. The molecule has 2 heterocycles. The number of benzene rings is 1. The molecule has 1 aromatic carbocycles. The predicted octanol–water partition coefficient (Wildman–Crippen LogP) is 2.15. The average Bonchev–Trinajstić information content (AvgIpc) is 3.09. The van der Waals surface area contributed by atoms with Crippen molar-refractivity contribution in [2.75, 3.05) is 18.4 Å². The van der Waals surface area contributed by atoms with Crippen LogP contribution >= 0.6 is 22.6 Å². The Hall–Kier alpha value is -1.93. The van der Waals surface area contributed by atoms with Crippen molar-refractivity contribution in [2.24, 2.45) is 0 Å². The second kappa shape index (κ2) is 9.97. The lowest BCUT2D eigenvalue weighted by Crippen LogP contribution is -2.72. The third-order valence-electron chi connectivity index (χ3n) is 6.53. The number of β-amino-alcohol motifs (C(OH)–C–C–N with tert-alkyl or cyclic N) is 1. The zero-order valence-electron chi connectivity index (χ0n) is 18.5. The molecule has 1 aromatic heterocycles. The Bertz CT molecular complexity index is 1060. The van der Waals surface area contributed by atoms with Crippen LogP contribution in [0.3, 0.4) is 0 Å². The molecule has 0 bridgehead atoms. The van der Waals surface area contributed by atoms with Crippen molar-refractivity contribution in [2.45, 2.75) is 56.1 Å². The Labute approximate surface area is 209 Å². The summed E-state index contributed by atoms with van der Waals surface area (Å²) in [7, 11) is 0. The summed E-state index contributed by atoms with van der Waals surface area (Å²) in [4.78, 5) is 18.1. The highest BCUT2D eigenvalue weighted by Crippen LogP contribution is 2.33. The molecule has 1 aliphatic heterocycles. The van der Waals surface area contributed by atoms with Crippen molar-refractivity contribution in [1.29, 1.82) is 0 Å². The molecule has 2 aliphatic rings. The maximum atomic E-state index is 14.5. The lowest BCUT2D eigenvalue weighted by atomic mass is 9.83. The Morgan fingerprint density at radius 1 is 1.26 bits per heavy atom. The standard InChI is InChI=1S/C23H27F2IN4O4/c1-2-19(28-13-8-17(31)18(32)9-13)23(34)10-30(11-23)22(33)14-5-6-27-21(25)20(14)29-16-4-3-12(26)7-15(16)24/h3-7,13,17-19,28-29,31-32,34H,2,8-11H2,1H3/t13?,17-,18+,19-/m0/s1. The molecular weight excluding hydrogens is 561 g/mol. The first kappa shape index (κ1) is 25.2. The fourth-order valence-electron chi connectivity index (χ4n) is 4.67. The van der Waals surface area contributed by atoms with Crippen LogP contribution in [-0.2, 0) is 0 Å². The highest BCUT2D eigenvalue weighted by Gasteiger charge is 2.50. The van der Waals surface area contributed by atoms with Crippen LogP contribution in [0.5, 0.6) is 0 Å². The summed E-state index contributed by atoms with van der Waals surface area (Å²) in [6.07, 6.45) is 0.915. The van der Waals surface area contributed by atoms with Crippen LogP contribution in [0.15, 0.2) is 30.5 Å². The molecule has 4 atom stereocenters. The van der Waals surface area contributed by atoms with E-state index in [0.29, 0.717) is 22.8 Å². The minimum absolute atomic E-state index is 0.0117. The fraction of sp³-hybridized carbons (Fsp3) is 0.478. The summed E-state index contributed by atoms with van der Waals surface area (Å²) < 4.78 is 29.5. The number of likely N-dealkylation sites (tertiary alicyclic amines) is 1. The quantitative estimate of drug-likeness (QED) is 0.249. The predicted molar refractivity (Wildman–Crippen MR) is 130 cm³/mol. The SMILES string of the molecule is CC[C@H](NC1C[C@@H](O)[C@@H](O)C1)C1(O)CN(C(=O)c2ccnc(F)c2Nc2ccc(I)cc2F)C1. The number of amides is 1. The van der Waals surface area contributed by atoms with E-state index in [1.54, 1.807) is 6.07 Å². The first-order valence-electron chi connectivity index (χ1n) is 11.1. The van der Waals surface area contributed by atoms with Crippen LogP contribution in [0.4, 0.5) is 20.2 Å². The molecule has 4 rings (SSSR count). The Morgan fingerprint density at radius 2 is 1.94 bits per heavy atom. The van der Waals surface area contributed by atoms with Gasteiger partial charge in [0.2, 0.25) is 5.95 Å². The summed E-state index contributed by atoms with van der Waals surface area (Å²) >= 11 is 1.96.